The fourth-order valence-electron chi connectivity index (χ4n) is 1.38. The van der Waals surface area contributed by atoms with Gasteiger partial charge in [-0.05, 0) is 55.3 Å². The molecule has 1 heterocycles. The summed E-state index contributed by atoms with van der Waals surface area (Å²) in [5, 5.41) is 6.96. The first-order chi connectivity index (χ1) is 7.87. The topological polar surface area (TPSA) is 37.0 Å². The Morgan fingerprint density at radius 3 is 2.65 bits per heavy atom. The highest BCUT2D eigenvalue weighted by Gasteiger charge is 2.10. The predicted octanol–water partition coefficient (Wildman–Crippen LogP) is 2.71. The van der Waals surface area contributed by atoms with Gasteiger partial charge >= 0.3 is 0 Å². The zero-order chi connectivity index (χ0) is 12.9. The van der Waals surface area contributed by atoms with Gasteiger partial charge in [-0.3, -0.25) is 4.98 Å². The molecule has 0 bridgehead atoms. The normalized spacial score (nSPS) is 13.7. The Kier molecular flexibility index (Phi) is 5.56. The first kappa shape index (κ1) is 14.6. The average molecular weight is 300 g/mol. The Hall–Kier alpha value is -0.450. The monoisotopic (exact) mass is 299 g/mol. The quantitative estimate of drug-likeness (QED) is 0.878. The summed E-state index contributed by atoms with van der Waals surface area (Å²) in [7, 11) is 0. The molecule has 0 aromatic carbocycles. The number of hydrogen-bond acceptors (Lipinski definition) is 3. The second kappa shape index (κ2) is 6.47. The molecular formula is C13H22BrN3. The molecule has 1 rings (SSSR count). The molecule has 0 fully saturated rings. The lowest BCUT2D eigenvalue weighted by atomic mass is 10.1. The van der Waals surface area contributed by atoms with Crippen molar-refractivity contribution in [1.29, 1.82) is 0 Å². The summed E-state index contributed by atoms with van der Waals surface area (Å²) in [6, 6.07) is 2.53. The van der Waals surface area contributed by atoms with E-state index in [9.17, 15) is 0 Å². The molecule has 1 aromatic rings. The van der Waals surface area contributed by atoms with Crippen LogP contribution in [0, 0.1) is 0 Å². The van der Waals surface area contributed by atoms with Crippen molar-refractivity contribution >= 4 is 15.9 Å². The zero-order valence-corrected chi connectivity index (χ0v) is 12.6. The second-order valence-corrected chi connectivity index (χ2v) is 6.34. The molecule has 17 heavy (non-hydrogen) atoms. The molecule has 0 aliphatic carbocycles. The highest BCUT2D eigenvalue weighted by molar-refractivity contribution is 9.10. The van der Waals surface area contributed by atoms with Crippen LogP contribution < -0.4 is 10.6 Å². The van der Waals surface area contributed by atoms with Crippen LogP contribution in [0.5, 0.6) is 0 Å². The lowest BCUT2D eigenvalue weighted by Crippen LogP contribution is -2.44. The minimum Gasteiger partial charge on any atom is -0.311 e. The van der Waals surface area contributed by atoms with E-state index in [1.54, 1.807) is 6.20 Å². The van der Waals surface area contributed by atoms with E-state index in [-0.39, 0.29) is 5.54 Å². The fourth-order valence-corrected chi connectivity index (χ4v) is 1.79. The van der Waals surface area contributed by atoms with Gasteiger partial charge in [0.25, 0.3) is 0 Å². The van der Waals surface area contributed by atoms with Gasteiger partial charge in [0.15, 0.2) is 0 Å². The lowest BCUT2D eigenvalue weighted by molar-refractivity contribution is 0.387. The van der Waals surface area contributed by atoms with E-state index in [4.69, 9.17) is 0 Å². The van der Waals surface area contributed by atoms with Crippen LogP contribution in [0.15, 0.2) is 22.9 Å². The molecule has 0 aliphatic heterocycles. The van der Waals surface area contributed by atoms with Crippen molar-refractivity contribution in [3.8, 4) is 0 Å². The van der Waals surface area contributed by atoms with E-state index < -0.39 is 0 Å². The van der Waals surface area contributed by atoms with Crippen LogP contribution >= 0.6 is 15.9 Å². The highest BCUT2D eigenvalue weighted by atomic mass is 79.9. The third-order valence-electron chi connectivity index (χ3n) is 2.35. The van der Waals surface area contributed by atoms with E-state index >= 15 is 0 Å². The number of hydrogen-bond donors (Lipinski definition) is 2. The standard InChI is InChI=1S/C13H22BrN3/c1-10(6-17-13(2,3)4)16-8-11-5-12(14)9-15-7-11/h5,7,9-10,16-17H,6,8H2,1-4H3. The molecule has 0 saturated carbocycles. The van der Waals surface area contributed by atoms with Crippen LogP contribution in [-0.2, 0) is 6.54 Å². The van der Waals surface area contributed by atoms with Crippen LogP contribution in [0.4, 0.5) is 0 Å². The number of halogens is 1. The molecule has 0 amide bonds. The molecule has 4 heteroatoms. The van der Waals surface area contributed by atoms with Gasteiger partial charge in [0, 0.05) is 41.5 Å². The maximum absolute atomic E-state index is 4.14. The highest BCUT2D eigenvalue weighted by Crippen LogP contribution is 2.09. The second-order valence-electron chi connectivity index (χ2n) is 5.42. The van der Waals surface area contributed by atoms with Gasteiger partial charge in [-0.25, -0.2) is 0 Å². The maximum atomic E-state index is 4.14. The Bertz CT molecular complexity index is 347. The van der Waals surface area contributed by atoms with Gasteiger partial charge in [0.05, 0.1) is 0 Å². The van der Waals surface area contributed by atoms with Crippen molar-refractivity contribution in [1.82, 2.24) is 15.6 Å². The Balaban J connectivity index is 2.31. The molecule has 1 unspecified atom stereocenters. The smallest absolute Gasteiger partial charge is 0.0410 e. The van der Waals surface area contributed by atoms with Crippen molar-refractivity contribution < 1.29 is 0 Å². The molecule has 0 radical (unpaired) electrons. The van der Waals surface area contributed by atoms with Crippen molar-refractivity contribution in [2.45, 2.75) is 45.8 Å². The molecule has 3 nitrogen and oxygen atoms in total. The summed E-state index contributed by atoms with van der Waals surface area (Å²) in [5.41, 5.74) is 1.37. The van der Waals surface area contributed by atoms with E-state index in [0.29, 0.717) is 6.04 Å². The number of nitrogens with zero attached hydrogens (tertiary/aromatic N) is 1. The van der Waals surface area contributed by atoms with Crippen LogP contribution in [0.3, 0.4) is 0 Å². The van der Waals surface area contributed by atoms with Gasteiger partial charge in [-0.2, -0.15) is 0 Å². The SMILES string of the molecule is CC(CNC(C)(C)C)NCc1cncc(Br)c1. The zero-order valence-electron chi connectivity index (χ0n) is 11.0. The molecule has 1 aromatic heterocycles. The molecule has 2 N–H and O–H groups in total. The molecule has 0 aliphatic rings. The summed E-state index contributed by atoms with van der Waals surface area (Å²) >= 11 is 3.42. The Labute approximate surface area is 113 Å². The minimum atomic E-state index is 0.174. The van der Waals surface area contributed by atoms with Crippen molar-refractivity contribution in [2.75, 3.05) is 6.54 Å². The fraction of sp³-hybridized carbons (Fsp3) is 0.615. The lowest BCUT2D eigenvalue weighted by Gasteiger charge is -2.24. The molecule has 0 saturated heterocycles. The van der Waals surface area contributed by atoms with Crippen LogP contribution in [0.1, 0.15) is 33.3 Å². The predicted molar refractivity (Wildman–Crippen MR) is 76.0 cm³/mol. The molecular weight excluding hydrogens is 278 g/mol. The molecule has 96 valence electrons. The van der Waals surface area contributed by atoms with E-state index in [1.165, 1.54) is 5.56 Å². The van der Waals surface area contributed by atoms with Crippen molar-refractivity contribution in [2.24, 2.45) is 0 Å². The number of pyridine rings is 1. The summed E-state index contributed by atoms with van der Waals surface area (Å²) in [4.78, 5) is 4.14. The van der Waals surface area contributed by atoms with Gasteiger partial charge in [0.2, 0.25) is 0 Å². The Morgan fingerprint density at radius 2 is 2.06 bits per heavy atom. The third-order valence-corrected chi connectivity index (χ3v) is 2.79. The Morgan fingerprint density at radius 1 is 1.35 bits per heavy atom. The van der Waals surface area contributed by atoms with Crippen molar-refractivity contribution in [3.63, 3.8) is 0 Å². The molecule has 1 atom stereocenters. The summed E-state index contributed by atoms with van der Waals surface area (Å²) in [6.45, 7) is 10.5. The van der Waals surface area contributed by atoms with Crippen LogP contribution in [0.25, 0.3) is 0 Å². The summed E-state index contributed by atoms with van der Waals surface area (Å²) in [5.74, 6) is 0. The van der Waals surface area contributed by atoms with E-state index in [2.05, 4.69) is 65.3 Å². The van der Waals surface area contributed by atoms with Crippen molar-refractivity contribution in [3.05, 3.63) is 28.5 Å². The first-order valence-corrected chi connectivity index (χ1v) is 6.74. The summed E-state index contributed by atoms with van der Waals surface area (Å²) < 4.78 is 1.03. The average Bonchev–Trinajstić information content (AvgIpc) is 2.23. The molecule has 0 spiro atoms. The van der Waals surface area contributed by atoms with Crippen LogP contribution in [-0.4, -0.2) is 23.1 Å². The van der Waals surface area contributed by atoms with E-state index in [1.807, 2.05) is 6.20 Å². The largest absolute Gasteiger partial charge is 0.311 e. The van der Waals surface area contributed by atoms with E-state index in [0.717, 1.165) is 17.6 Å². The van der Waals surface area contributed by atoms with Gasteiger partial charge in [-0.1, -0.05) is 0 Å². The van der Waals surface area contributed by atoms with Crippen LogP contribution in [0.2, 0.25) is 0 Å². The number of nitrogens with one attached hydrogen (secondary N) is 2. The van der Waals surface area contributed by atoms with Gasteiger partial charge in [0.1, 0.15) is 0 Å². The minimum absolute atomic E-state index is 0.174. The first-order valence-electron chi connectivity index (χ1n) is 5.95. The third kappa shape index (κ3) is 6.76. The number of rotatable bonds is 5. The van der Waals surface area contributed by atoms with Gasteiger partial charge in [-0.15, -0.1) is 0 Å². The van der Waals surface area contributed by atoms with Gasteiger partial charge < -0.3 is 10.6 Å². The maximum Gasteiger partial charge on any atom is 0.0410 e. The summed E-state index contributed by atoms with van der Waals surface area (Å²) in [6.07, 6.45) is 3.69. The number of aromatic nitrogens is 1.